The van der Waals surface area contributed by atoms with Crippen molar-refractivity contribution in [3.63, 3.8) is 0 Å². The Hall–Kier alpha value is 0.200. The molecule has 0 radical (unpaired) electrons. The van der Waals surface area contributed by atoms with Gasteiger partial charge in [0.1, 0.15) is 0 Å². The molecule has 18 heavy (non-hydrogen) atoms. The number of hydrogen-bond acceptors (Lipinski definition) is 1. The van der Waals surface area contributed by atoms with Crippen LogP contribution >= 0.6 is 45.5 Å². The SMILES string of the molecule is CCCCC(C)c1c(I)sc2c1=CCC=CC=2Cl. The normalized spacial score (nSPS) is 16.1. The number of halogens is 2. The fourth-order valence-corrected chi connectivity index (χ4v) is 5.21. The van der Waals surface area contributed by atoms with Gasteiger partial charge in [0.05, 0.1) is 12.4 Å². The predicted octanol–water partition coefficient (Wildman–Crippen LogP) is 4.73. The van der Waals surface area contributed by atoms with E-state index in [0.29, 0.717) is 5.92 Å². The molecular weight excluding hydrogens is 375 g/mol. The molecule has 1 unspecified atom stereocenters. The Morgan fingerprint density at radius 3 is 3.00 bits per heavy atom. The van der Waals surface area contributed by atoms with Gasteiger partial charge < -0.3 is 0 Å². The maximum atomic E-state index is 6.36. The molecule has 3 heteroatoms. The molecule has 0 saturated heterocycles. The average Bonchev–Trinajstić information content (AvgIpc) is 2.58. The van der Waals surface area contributed by atoms with Crippen molar-refractivity contribution < 1.29 is 0 Å². The summed E-state index contributed by atoms with van der Waals surface area (Å²) in [5.74, 6) is 0.635. The second kappa shape index (κ2) is 6.58. The topological polar surface area (TPSA) is 0 Å². The van der Waals surface area contributed by atoms with Gasteiger partial charge in [0, 0.05) is 0 Å². The van der Waals surface area contributed by atoms with E-state index in [1.165, 1.54) is 37.5 Å². The summed E-state index contributed by atoms with van der Waals surface area (Å²) in [7, 11) is 0. The zero-order valence-electron chi connectivity index (χ0n) is 10.8. The van der Waals surface area contributed by atoms with Gasteiger partial charge in [-0.25, -0.2) is 0 Å². The highest BCUT2D eigenvalue weighted by Gasteiger charge is 2.15. The number of fused-ring (bicyclic) bond motifs is 1. The van der Waals surface area contributed by atoms with E-state index in [9.17, 15) is 0 Å². The molecule has 0 aromatic carbocycles. The van der Waals surface area contributed by atoms with Crippen molar-refractivity contribution in [1.82, 2.24) is 0 Å². The highest BCUT2D eigenvalue weighted by Crippen LogP contribution is 2.26. The first-order valence-electron chi connectivity index (χ1n) is 6.49. The van der Waals surface area contributed by atoms with Gasteiger partial charge in [-0.1, -0.05) is 50.4 Å². The minimum Gasteiger partial charge on any atom is -0.127 e. The van der Waals surface area contributed by atoms with Crippen LogP contribution in [0.2, 0.25) is 0 Å². The molecule has 1 aromatic heterocycles. The van der Waals surface area contributed by atoms with Gasteiger partial charge in [-0.05, 0) is 58.2 Å². The van der Waals surface area contributed by atoms with E-state index in [0.717, 1.165) is 11.5 Å². The van der Waals surface area contributed by atoms with Crippen molar-refractivity contribution in [3.05, 3.63) is 30.4 Å². The van der Waals surface area contributed by atoms with Gasteiger partial charge in [0.2, 0.25) is 0 Å². The molecule has 0 N–H and O–H groups in total. The zero-order valence-corrected chi connectivity index (χ0v) is 14.5. The van der Waals surface area contributed by atoms with Crippen LogP contribution in [0.4, 0.5) is 0 Å². The lowest BCUT2D eigenvalue weighted by Gasteiger charge is -2.10. The number of allylic oxidation sites excluding steroid dienone is 2. The smallest absolute Gasteiger partial charge is 0.0701 e. The summed E-state index contributed by atoms with van der Waals surface area (Å²) in [6.45, 7) is 4.60. The van der Waals surface area contributed by atoms with E-state index in [4.69, 9.17) is 11.6 Å². The van der Waals surface area contributed by atoms with Crippen molar-refractivity contribution in [3.8, 4) is 0 Å². The van der Waals surface area contributed by atoms with Gasteiger partial charge in [-0.15, -0.1) is 11.3 Å². The molecule has 1 aliphatic carbocycles. The van der Waals surface area contributed by atoms with E-state index in [1.54, 1.807) is 0 Å². The molecule has 0 amide bonds. The number of thiophene rings is 1. The Balaban J connectivity index is 2.52. The summed E-state index contributed by atoms with van der Waals surface area (Å²) in [6, 6.07) is 0. The van der Waals surface area contributed by atoms with Crippen LogP contribution in [0.5, 0.6) is 0 Å². The summed E-state index contributed by atoms with van der Waals surface area (Å²) in [5.41, 5.74) is 1.52. The first kappa shape index (κ1) is 14.6. The van der Waals surface area contributed by atoms with Crippen molar-refractivity contribution >= 4 is 56.6 Å². The predicted molar refractivity (Wildman–Crippen MR) is 91.7 cm³/mol. The van der Waals surface area contributed by atoms with Gasteiger partial charge >= 0.3 is 0 Å². The molecule has 0 bridgehead atoms. The first-order valence-corrected chi connectivity index (χ1v) is 8.77. The average molecular weight is 393 g/mol. The molecule has 0 saturated carbocycles. The minimum atomic E-state index is 0.635. The van der Waals surface area contributed by atoms with Crippen LogP contribution in [0.3, 0.4) is 0 Å². The number of unbranched alkanes of at least 4 members (excludes halogenated alkanes) is 1. The Morgan fingerprint density at radius 2 is 2.28 bits per heavy atom. The lowest BCUT2D eigenvalue weighted by Crippen LogP contribution is -2.23. The largest absolute Gasteiger partial charge is 0.127 e. The maximum Gasteiger partial charge on any atom is 0.0701 e. The summed E-state index contributed by atoms with van der Waals surface area (Å²) in [4.78, 5) is 0. The maximum absolute atomic E-state index is 6.36. The van der Waals surface area contributed by atoms with Crippen molar-refractivity contribution in [1.29, 1.82) is 0 Å². The molecule has 1 aromatic rings. The van der Waals surface area contributed by atoms with Gasteiger partial charge in [-0.2, -0.15) is 0 Å². The third-order valence-electron chi connectivity index (χ3n) is 3.36. The molecule has 0 nitrogen and oxygen atoms in total. The minimum absolute atomic E-state index is 0.635. The lowest BCUT2D eigenvalue weighted by molar-refractivity contribution is 0.621. The van der Waals surface area contributed by atoms with Crippen LogP contribution < -0.4 is 9.75 Å². The van der Waals surface area contributed by atoms with Crippen molar-refractivity contribution in [2.75, 3.05) is 0 Å². The van der Waals surface area contributed by atoms with Crippen LogP contribution in [-0.4, -0.2) is 0 Å². The number of hydrogen-bond donors (Lipinski definition) is 0. The summed E-state index contributed by atoms with van der Waals surface area (Å²) in [6.07, 6.45) is 11.3. The summed E-state index contributed by atoms with van der Waals surface area (Å²) in [5, 5.41) is 2.29. The van der Waals surface area contributed by atoms with Crippen LogP contribution in [0.25, 0.3) is 11.1 Å². The van der Waals surface area contributed by atoms with E-state index in [2.05, 4.69) is 48.6 Å². The molecule has 1 aliphatic rings. The van der Waals surface area contributed by atoms with Crippen molar-refractivity contribution in [2.45, 2.75) is 45.4 Å². The Labute approximate surface area is 132 Å². The first-order chi connectivity index (χ1) is 8.65. The van der Waals surface area contributed by atoms with Gasteiger partial charge in [0.25, 0.3) is 0 Å². The van der Waals surface area contributed by atoms with E-state index >= 15 is 0 Å². The monoisotopic (exact) mass is 392 g/mol. The van der Waals surface area contributed by atoms with Gasteiger partial charge in [-0.3, -0.25) is 0 Å². The second-order valence-corrected chi connectivity index (χ2v) is 8.00. The molecule has 2 rings (SSSR count). The molecular formula is C15H18ClIS. The standard InChI is InChI=1S/C15H18ClIS/c1-3-4-7-10(2)13-11-8-5-6-9-12(16)14(11)18-15(13)17/h6,8-10H,3-5,7H2,1-2H3. The number of rotatable bonds is 4. The van der Waals surface area contributed by atoms with Crippen molar-refractivity contribution in [2.24, 2.45) is 0 Å². The van der Waals surface area contributed by atoms with Crippen LogP contribution in [0.15, 0.2) is 12.2 Å². The van der Waals surface area contributed by atoms with Gasteiger partial charge in [0.15, 0.2) is 0 Å². The summed E-state index contributed by atoms with van der Waals surface area (Å²) < 4.78 is 2.67. The highest BCUT2D eigenvalue weighted by atomic mass is 127. The highest BCUT2D eigenvalue weighted by molar-refractivity contribution is 14.1. The fraction of sp³-hybridized carbons (Fsp3) is 0.467. The molecule has 0 spiro atoms. The van der Waals surface area contributed by atoms with E-state index in [-0.39, 0.29) is 0 Å². The Morgan fingerprint density at radius 1 is 1.50 bits per heavy atom. The van der Waals surface area contributed by atoms with E-state index < -0.39 is 0 Å². The summed E-state index contributed by atoms with van der Waals surface area (Å²) >= 11 is 10.7. The molecule has 1 heterocycles. The molecule has 0 fully saturated rings. The molecule has 0 aliphatic heterocycles. The fourth-order valence-electron chi connectivity index (χ4n) is 2.35. The third kappa shape index (κ3) is 3.02. The Kier molecular flexibility index (Phi) is 5.34. The quantitative estimate of drug-likeness (QED) is 0.650. The van der Waals surface area contributed by atoms with Crippen LogP contribution in [0.1, 0.15) is 51.0 Å². The third-order valence-corrected chi connectivity index (χ3v) is 6.07. The lowest BCUT2D eigenvalue weighted by atomic mass is 9.96. The van der Waals surface area contributed by atoms with E-state index in [1.807, 2.05) is 17.4 Å². The van der Waals surface area contributed by atoms with Crippen LogP contribution in [0, 0.1) is 2.88 Å². The Bertz CT molecular complexity index is 568. The zero-order chi connectivity index (χ0) is 13.1. The second-order valence-electron chi connectivity index (χ2n) is 4.77. The molecule has 1 atom stereocenters. The molecule has 98 valence electrons. The van der Waals surface area contributed by atoms with Crippen LogP contribution in [-0.2, 0) is 0 Å².